The maximum Gasteiger partial charge on any atom is 0.336 e. The van der Waals surface area contributed by atoms with Crippen molar-refractivity contribution in [2.24, 2.45) is 17.4 Å². The van der Waals surface area contributed by atoms with Crippen molar-refractivity contribution in [2.45, 2.75) is 38.6 Å². The fraction of sp³-hybridized carbons (Fsp3) is 0.200. The number of fused-ring (bicyclic) bond motifs is 1. The van der Waals surface area contributed by atoms with Gasteiger partial charge in [-0.15, -0.1) is 0 Å². The van der Waals surface area contributed by atoms with Crippen LogP contribution in [0.5, 0.6) is 0 Å². The van der Waals surface area contributed by atoms with E-state index in [0.717, 1.165) is 22.4 Å². The fourth-order valence-electron chi connectivity index (χ4n) is 5.84. The third kappa shape index (κ3) is 6.12. The van der Waals surface area contributed by atoms with Crippen molar-refractivity contribution in [3.05, 3.63) is 118 Å². The third-order valence-electron chi connectivity index (χ3n) is 8.34. The Kier molecular flexibility index (Phi) is 8.16. The van der Waals surface area contributed by atoms with Crippen LogP contribution in [0.3, 0.4) is 0 Å². The number of halogens is 1. The van der Waals surface area contributed by atoms with Crippen LogP contribution in [0.15, 0.2) is 78.9 Å². The second-order valence-electron chi connectivity index (χ2n) is 11.8. The van der Waals surface area contributed by atoms with Crippen molar-refractivity contribution in [2.75, 3.05) is 10.6 Å². The molecule has 4 aromatic rings. The minimum absolute atomic E-state index is 0.0613. The molecular weight excluding hydrogens is 573 g/mol. The summed E-state index contributed by atoms with van der Waals surface area (Å²) in [5.41, 5.74) is 15.7. The highest BCUT2D eigenvalue weighted by Crippen LogP contribution is 2.49. The number of carbonyl (C=O) groups excluding carboxylic acids is 2. The van der Waals surface area contributed by atoms with Gasteiger partial charge in [0.15, 0.2) is 0 Å². The Morgan fingerprint density at radius 3 is 2.29 bits per heavy atom. The molecule has 2 atom stereocenters. The summed E-state index contributed by atoms with van der Waals surface area (Å²) in [6.45, 7) is 5.59. The van der Waals surface area contributed by atoms with Crippen molar-refractivity contribution in [3.63, 3.8) is 0 Å². The minimum atomic E-state index is -1.24. The molecule has 0 aromatic heterocycles. The Balaban J connectivity index is 1.69. The summed E-state index contributed by atoms with van der Waals surface area (Å²) < 4.78 is 14.0. The van der Waals surface area contributed by atoms with Crippen LogP contribution in [0.2, 0.25) is 0 Å². The zero-order valence-electron chi connectivity index (χ0n) is 25.1. The molecule has 0 bridgehead atoms. The Morgan fingerprint density at radius 2 is 1.67 bits per heavy atom. The largest absolute Gasteiger partial charge is 0.478 e. The highest BCUT2D eigenvalue weighted by Gasteiger charge is 2.39. The monoisotopic (exact) mass is 607 g/mol. The number of nitrogens with one attached hydrogen (secondary N) is 3. The van der Waals surface area contributed by atoms with Gasteiger partial charge in [-0.2, -0.15) is 0 Å². The first-order valence-corrected chi connectivity index (χ1v) is 14.4. The molecule has 0 radical (unpaired) electrons. The van der Waals surface area contributed by atoms with E-state index in [1.165, 1.54) is 30.3 Å². The number of aromatic carboxylic acids is 1. The van der Waals surface area contributed by atoms with E-state index in [1.807, 2.05) is 31.2 Å². The molecule has 0 saturated heterocycles. The number of carboxylic acids is 1. The van der Waals surface area contributed by atoms with Crippen LogP contribution >= 0.6 is 0 Å². The van der Waals surface area contributed by atoms with Crippen molar-refractivity contribution in [1.82, 2.24) is 0 Å². The van der Waals surface area contributed by atoms with Gasteiger partial charge < -0.3 is 27.2 Å². The van der Waals surface area contributed by atoms with Crippen LogP contribution in [0.1, 0.15) is 76.2 Å². The van der Waals surface area contributed by atoms with E-state index >= 15 is 0 Å². The average molecular weight is 608 g/mol. The normalized spacial score (nSPS) is 17.2. The number of nitrogens with two attached hydrogens (primary N) is 2. The Morgan fingerprint density at radius 1 is 0.978 bits per heavy atom. The summed E-state index contributed by atoms with van der Waals surface area (Å²) >= 11 is 0. The predicted molar refractivity (Wildman–Crippen MR) is 172 cm³/mol. The Bertz CT molecular complexity index is 1850. The number of carboxylic acid groups (broad SMARTS) is 1. The standard InChI is InChI=1S/C35H34FN5O4/c1-18(2)33(43)40-25-13-21(26-10-4-20(32(39)42)15-27(26)34(44)45)12-22(14-25)30-17-35(3,23-6-8-24(36)9-7-23)28-16-19(31(37)38)5-11-29(28)41-30/h4-16,18,30,41H,17H2,1-3H3,(H3,37,38)(H2,39,42)(H,40,43)(H,44,45). The van der Waals surface area contributed by atoms with Crippen molar-refractivity contribution < 1.29 is 23.9 Å². The molecule has 0 fully saturated rings. The van der Waals surface area contributed by atoms with E-state index in [4.69, 9.17) is 16.9 Å². The number of hydrogen-bond acceptors (Lipinski definition) is 5. The molecule has 1 aliphatic rings. The predicted octanol–water partition coefficient (Wildman–Crippen LogP) is 6.03. The molecule has 2 amide bonds. The highest BCUT2D eigenvalue weighted by atomic mass is 19.1. The molecule has 10 heteroatoms. The number of rotatable bonds is 8. The molecule has 1 aliphatic heterocycles. The van der Waals surface area contributed by atoms with Crippen molar-refractivity contribution in [3.8, 4) is 11.1 Å². The van der Waals surface area contributed by atoms with Crippen LogP contribution in [-0.2, 0) is 10.2 Å². The number of nitrogen functional groups attached to an aromatic ring is 1. The molecule has 230 valence electrons. The number of amides is 2. The summed E-state index contributed by atoms with van der Waals surface area (Å²) in [4.78, 5) is 36.9. The summed E-state index contributed by atoms with van der Waals surface area (Å²) in [6, 6.07) is 21.1. The first-order valence-electron chi connectivity index (χ1n) is 14.4. The van der Waals surface area contributed by atoms with Crippen LogP contribution in [0.25, 0.3) is 11.1 Å². The van der Waals surface area contributed by atoms with Crippen LogP contribution in [0, 0.1) is 17.1 Å². The number of hydrogen-bond donors (Lipinski definition) is 6. The molecular formula is C35H34FN5O4. The van der Waals surface area contributed by atoms with E-state index < -0.39 is 17.3 Å². The van der Waals surface area contributed by atoms with Gasteiger partial charge in [0.2, 0.25) is 11.8 Å². The molecule has 5 rings (SSSR count). The molecule has 4 aromatic carbocycles. The number of anilines is 2. The van der Waals surface area contributed by atoms with Crippen molar-refractivity contribution in [1.29, 1.82) is 5.41 Å². The maximum atomic E-state index is 14.0. The van der Waals surface area contributed by atoms with E-state index in [2.05, 4.69) is 10.6 Å². The highest BCUT2D eigenvalue weighted by molar-refractivity contribution is 6.02. The molecule has 9 nitrogen and oxygen atoms in total. The summed E-state index contributed by atoms with van der Waals surface area (Å²) in [7, 11) is 0. The lowest BCUT2D eigenvalue weighted by atomic mass is 9.68. The van der Waals surface area contributed by atoms with Gasteiger partial charge >= 0.3 is 5.97 Å². The number of carbonyl (C=O) groups is 3. The molecule has 1 heterocycles. The third-order valence-corrected chi connectivity index (χ3v) is 8.34. The molecule has 0 spiro atoms. The van der Waals surface area contributed by atoms with Crippen LogP contribution < -0.4 is 22.1 Å². The van der Waals surface area contributed by atoms with Gasteiger partial charge in [-0.05, 0) is 94.9 Å². The molecule has 8 N–H and O–H groups in total. The molecule has 45 heavy (non-hydrogen) atoms. The lowest BCUT2D eigenvalue weighted by molar-refractivity contribution is -0.118. The SMILES string of the molecule is CC(C)C(=O)Nc1cc(-c2ccc(C(N)=O)cc2C(=O)O)cc(C2CC(C)(c3ccc(F)cc3)c3cc(C(=N)N)ccc3N2)c1. The Labute approximate surface area is 260 Å². The van der Waals surface area contributed by atoms with E-state index in [0.29, 0.717) is 28.8 Å². The van der Waals surface area contributed by atoms with Crippen molar-refractivity contribution >= 4 is 35.0 Å². The smallest absolute Gasteiger partial charge is 0.336 e. The van der Waals surface area contributed by atoms with Gasteiger partial charge in [0, 0.05) is 33.8 Å². The van der Waals surface area contributed by atoms with Gasteiger partial charge in [0.05, 0.1) is 11.6 Å². The van der Waals surface area contributed by atoms with E-state index in [-0.39, 0.29) is 40.6 Å². The lowest BCUT2D eigenvalue weighted by Crippen LogP contribution is -2.35. The van der Waals surface area contributed by atoms with Gasteiger partial charge in [-0.1, -0.05) is 39.0 Å². The van der Waals surface area contributed by atoms with Gasteiger partial charge in [0.25, 0.3) is 0 Å². The summed E-state index contributed by atoms with van der Waals surface area (Å²) in [6.07, 6.45) is 0.487. The minimum Gasteiger partial charge on any atom is -0.478 e. The summed E-state index contributed by atoms with van der Waals surface area (Å²) in [5, 5.41) is 24.6. The van der Waals surface area contributed by atoms with E-state index in [9.17, 15) is 23.9 Å². The number of primary amides is 1. The average Bonchev–Trinajstić information content (AvgIpc) is 3.00. The van der Waals surface area contributed by atoms with E-state index in [1.54, 1.807) is 38.1 Å². The zero-order valence-corrected chi connectivity index (χ0v) is 25.1. The number of amidine groups is 1. The Hall–Kier alpha value is -5.51. The van der Waals surface area contributed by atoms with Gasteiger partial charge in [0.1, 0.15) is 11.7 Å². The van der Waals surface area contributed by atoms with Gasteiger partial charge in [-0.25, -0.2) is 9.18 Å². The fourth-order valence-corrected chi connectivity index (χ4v) is 5.84. The lowest BCUT2D eigenvalue weighted by Gasteiger charge is -2.42. The second-order valence-corrected chi connectivity index (χ2v) is 11.8. The van der Waals surface area contributed by atoms with Gasteiger partial charge in [-0.3, -0.25) is 15.0 Å². The quantitative estimate of drug-likeness (QED) is 0.105. The first kappa shape index (κ1) is 30.9. The summed E-state index contributed by atoms with van der Waals surface area (Å²) in [5.74, 6) is -2.94. The second kappa shape index (κ2) is 11.9. The zero-order chi connectivity index (χ0) is 32.6. The number of benzene rings is 4. The first-order chi connectivity index (χ1) is 21.3. The topological polar surface area (TPSA) is 171 Å². The molecule has 2 unspecified atom stereocenters. The maximum absolute atomic E-state index is 14.0. The van der Waals surface area contributed by atoms with Crippen LogP contribution in [0.4, 0.5) is 15.8 Å². The van der Waals surface area contributed by atoms with Crippen LogP contribution in [-0.4, -0.2) is 28.7 Å². The molecule has 0 saturated carbocycles. The molecule has 0 aliphatic carbocycles.